The molecule has 1 aliphatic rings. The van der Waals surface area contributed by atoms with Gasteiger partial charge in [-0.1, -0.05) is 24.9 Å². The first-order valence-corrected chi connectivity index (χ1v) is 5.72. The lowest BCUT2D eigenvalue weighted by atomic mass is 9.92. The molecule has 0 spiro atoms. The molecule has 3 heteroatoms. The van der Waals surface area contributed by atoms with Crippen LogP contribution in [-0.2, 0) is 6.42 Å². The Labute approximate surface area is 95.6 Å². The summed E-state index contributed by atoms with van der Waals surface area (Å²) >= 11 is 6.07. The minimum Gasteiger partial charge on any atom is -0.495 e. The molecule has 15 heavy (non-hydrogen) atoms. The molecule has 1 heterocycles. The third-order valence-electron chi connectivity index (χ3n) is 3.04. The van der Waals surface area contributed by atoms with Gasteiger partial charge < -0.3 is 10.1 Å². The van der Waals surface area contributed by atoms with Gasteiger partial charge in [-0.05, 0) is 30.0 Å². The first kappa shape index (κ1) is 10.6. The summed E-state index contributed by atoms with van der Waals surface area (Å²) in [5.41, 5.74) is 2.47. The van der Waals surface area contributed by atoms with Crippen LogP contribution in [0.15, 0.2) is 12.1 Å². The van der Waals surface area contributed by atoms with Crippen molar-refractivity contribution in [1.82, 2.24) is 0 Å². The Balaban J connectivity index is 2.33. The number of hydrogen-bond donors (Lipinski definition) is 1. The van der Waals surface area contributed by atoms with E-state index in [2.05, 4.69) is 12.2 Å². The van der Waals surface area contributed by atoms with E-state index >= 15 is 0 Å². The van der Waals surface area contributed by atoms with Gasteiger partial charge in [0.05, 0.1) is 12.1 Å². The zero-order valence-corrected chi connectivity index (χ0v) is 9.90. The Bertz CT molecular complexity index is 365. The molecule has 0 amide bonds. The van der Waals surface area contributed by atoms with Gasteiger partial charge in [-0.25, -0.2) is 0 Å². The number of hydrogen-bond acceptors (Lipinski definition) is 2. The van der Waals surface area contributed by atoms with Crippen LogP contribution < -0.4 is 10.1 Å². The van der Waals surface area contributed by atoms with Gasteiger partial charge >= 0.3 is 0 Å². The first-order chi connectivity index (χ1) is 7.24. The molecule has 1 aromatic carbocycles. The van der Waals surface area contributed by atoms with Crippen molar-refractivity contribution in [3.05, 3.63) is 22.7 Å². The quantitative estimate of drug-likeness (QED) is 0.834. The van der Waals surface area contributed by atoms with Crippen LogP contribution in [0.4, 0.5) is 5.69 Å². The van der Waals surface area contributed by atoms with Crippen molar-refractivity contribution in [3.63, 3.8) is 0 Å². The van der Waals surface area contributed by atoms with Crippen molar-refractivity contribution < 1.29 is 4.74 Å². The maximum atomic E-state index is 6.07. The molecule has 2 nitrogen and oxygen atoms in total. The maximum Gasteiger partial charge on any atom is 0.137 e. The Morgan fingerprint density at radius 1 is 1.53 bits per heavy atom. The van der Waals surface area contributed by atoms with Gasteiger partial charge in [0.15, 0.2) is 0 Å². The van der Waals surface area contributed by atoms with E-state index in [1.165, 1.54) is 12.0 Å². The molecular weight excluding hydrogens is 210 g/mol. The van der Waals surface area contributed by atoms with Crippen molar-refractivity contribution in [1.29, 1.82) is 0 Å². The highest BCUT2D eigenvalue weighted by atomic mass is 35.5. The molecule has 0 radical (unpaired) electrons. The molecule has 1 unspecified atom stereocenters. The summed E-state index contributed by atoms with van der Waals surface area (Å²) in [5.74, 6) is 1.50. The highest BCUT2D eigenvalue weighted by Crippen LogP contribution is 2.35. The average molecular weight is 226 g/mol. The summed E-state index contributed by atoms with van der Waals surface area (Å²) in [4.78, 5) is 0. The fourth-order valence-corrected chi connectivity index (χ4v) is 2.25. The topological polar surface area (TPSA) is 21.3 Å². The standard InChI is InChI=1S/C12H16ClNO/c1-3-8-4-9-5-12(15-2)10(13)6-11(9)14-7-8/h5-6,8,14H,3-4,7H2,1-2H3. The molecule has 0 saturated carbocycles. The minimum absolute atomic E-state index is 0.679. The second kappa shape index (κ2) is 4.31. The molecule has 0 saturated heterocycles. The Kier molecular flexibility index (Phi) is 3.06. The van der Waals surface area contributed by atoms with E-state index in [9.17, 15) is 0 Å². The van der Waals surface area contributed by atoms with Crippen LogP contribution in [-0.4, -0.2) is 13.7 Å². The van der Waals surface area contributed by atoms with Crippen LogP contribution in [0.3, 0.4) is 0 Å². The predicted molar refractivity (Wildman–Crippen MR) is 64.0 cm³/mol. The normalized spacial score (nSPS) is 19.3. The third kappa shape index (κ3) is 2.05. The van der Waals surface area contributed by atoms with E-state index in [-0.39, 0.29) is 0 Å². The van der Waals surface area contributed by atoms with Gasteiger partial charge in [0, 0.05) is 12.2 Å². The third-order valence-corrected chi connectivity index (χ3v) is 3.34. The molecular formula is C12H16ClNO. The van der Waals surface area contributed by atoms with Crippen molar-refractivity contribution in [2.24, 2.45) is 5.92 Å². The molecule has 0 fully saturated rings. The van der Waals surface area contributed by atoms with E-state index in [4.69, 9.17) is 16.3 Å². The molecule has 2 rings (SSSR count). The average Bonchev–Trinajstić information content (AvgIpc) is 2.27. The Hall–Kier alpha value is -0.890. The second-order valence-corrected chi connectivity index (χ2v) is 4.41. The van der Waals surface area contributed by atoms with Crippen LogP contribution >= 0.6 is 11.6 Å². The van der Waals surface area contributed by atoms with E-state index in [0.717, 1.165) is 30.3 Å². The van der Waals surface area contributed by atoms with Gasteiger partial charge in [0.25, 0.3) is 0 Å². The van der Waals surface area contributed by atoms with Crippen LogP contribution in [0.25, 0.3) is 0 Å². The smallest absolute Gasteiger partial charge is 0.137 e. The van der Waals surface area contributed by atoms with E-state index in [1.807, 2.05) is 12.1 Å². The largest absolute Gasteiger partial charge is 0.495 e. The van der Waals surface area contributed by atoms with Gasteiger partial charge in [0.1, 0.15) is 5.75 Å². The lowest BCUT2D eigenvalue weighted by Crippen LogP contribution is -2.22. The van der Waals surface area contributed by atoms with Crippen LogP contribution in [0.2, 0.25) is 5.02 Å². The zero-order valence-electron chi connectivity index (χ0n) is 9.14. The fourth-order valence-electron chi connectivity index (χ4n) is 2.01. The molecule has 82 valence electrons. The number of rotatable bonds is 2. The number of halogens is 1. The van der Waals surface area contributed by atoms with E-state index in [0.29, 0.717) is 5.02 Å². The number of ether oxygens (including phenoxy) is 1. The molecule has 0 bridgehead atoms. The number of anilines is 1. The summed E-state index contributed by atoms with van der Waals surface area (Å²) in [5, 5.41) is 4.10. The van der Waals surface area contributed by atoms with Crippen LogP contribution in [0.5, 0.6) is 5.75 Å². The van der Waals surface area contributed by atoms with Crippen molar-refractivity contribution in [2.45, 2.75) is 19.8 Å². The summed E-state index contributed by atoms with van der Waals surface area (Å²) < 4.78 is 5.22. The molecule has 0 aliphatic carbocycles. The van der Waals surface area contributed by atoms with Gasteiger partial charge in [-0.15, -0.1) is 0 Å². The lowest BCUT2D eigenvalue weighted by molar-refractivity contribution is 0.413. The van der Waals surface area contributed by atoms with E-state index in [1.54, 1.807) is 7.11 Å². The van der Waals surface area contributed by atoms with Gasteiger partial charge in [-0.3, -0.25) is 0 Å². The minimum atomic E-state index is 0.679. The van der Waals surface area contributed by atoms with Crippen molar-refractivity contribution in [2.75, 3.05) is 19.0 Å². The van der Waals surface area contributed by atoms with E-state index < -0.39 is 0 Å². The fraction of sp³-hybridized carbons (Fsp3) is 0.500. The summed E-state index contributed by atoms with van der Waals surface area (Å²) in [6, 6.07) is 4.01. The monoisotopic (exact) mass is 225 g/mol. The predicted octanol–water partition coefficient (Wildman–Crippen LogP) is 3.34. The lowest BCUT2D eigenvalue weighted by Gasteiger charge is -2.26. The molecule has 1 aromatic rings. The maximum absolute atomic E-state index is 6.07. The second-order valence-electron chi connectivity index (χ2n) is 4.00. The van der Waals surface area contributed by atoms with Gasteiger partial charge in [0.2, 0.25) is 0 Å². The molecule has 1 N–H and O–H groups in total. The highest BCUT2D eigenvalue weighted by molar-refractivity contribution is 6.32. The Morgan fingerprint density at radius 3 is 3.00 bits per heavy atom. The van der Waals surface area contributed by atoms with Crippen molar-refractivity contribution >= 4 is 17.3 Å². The van der Waals surface area contributed by atoms with Crippen LogP contribution in [0.1, 0.15) is 18.9 Å². The number of methoxy groups -OCH3 is 1. The zero-order chi connectivity index (χ0) is 10.8. The Morgan fingerprint density at radius 2 is 2.33 bits per heavy atom. The van der Waals surface area contributed by atoms with Gasteiger partial charge in [-0.2, -0.15) is 0 Å². The van der Waals surface area contributed by atoms with Crippen molar-refractivity contribution in [3.8, 4) is 5.75 Å². The number of fused-ring (bicyclic) bond motifs is 1. The summed E-state index contributed by atoms with van der Waals surface area (Å²) in [6.07, 6.45) is 2.32. The summed E-state index contributed by atoms with van der Waals surface area (Å²) in [7, 11) is 1.65. The molecule has 1 atom stereocenters. The molecule has 1 aliphatic heterocycles. The van der Waals surface area contributed by atoms with Crippen LogP contribution in [0, 0.1) is 5.92 Å². The molecule has 0 aromatic heterocycles. The number of nitrogens with one attached hydrogen (secondary N) is 1. The first-order valence-electron chi connectivity index (χ1n) is 5.35. The highest BCUT2D eigenvalue weighted by Gasteiger charge is 2.18. The summed E-state index contributed by atoms with van der Waals surface area (Å²) in [6.45, 7) is 3.27. The SMILES string of the molecule is CCC1CNc2cc(Cl)c(OC)cc2C1. The number of benzene rings is 1.